The van der Waals surface area contributed by atoms with Crippen LogP contribution in [0.4, 0.5) is 22.0 Å². The number of ether oxygens (including phenoxy) is 1. The molecule has 4 aromatic rings. The van der Waals surface area contributed by atoms with Gasteiger partial charge in [-0.15, -0.1) is 10.2 Å². The Bertz CT molecular complexity index is 1230. The van der Waals surface area contributed by atoms with Gasteiger partial charge in [-0.05, 0) is 48.7 Å². The number of hydrogen-bond donors (Lipinski definition) is 2. The van der Waals surface area contributed by atoms with Gasteiger partial charge in [0.15, 0.2) is 11.0 Å². The van der Waals surface area contributed by atoms with Crippen LogP contribution in [0.1, 0.15) is 31.9 Å². The minimum atomic E-state index is -0.321. The number of halogens is 1. The molecule has 0 aliphatic carbocycles. The topological polar surface area (TPSA) is 117 Å². The van der Waals surface area contributed by atoms with Crippen LogP contribution in [0.3, 0.4) is 0 Å². The van der Waals surface area contributed by atoms with Crippen LogP contribution in [0.25, 0.3) is 0 Å². The fourth-order valence-electron chi connectivity index (χ4n) is 3.16. The molecular formula is C24H27FN8OS. The van der Waals surface area contributed by atoms with Crippen LogP contribution >= 0.6 is 11.8 Å². The first-order valence-corrected chi connectivity index (χ1v) is 12.2. The summed E-state index contributed by atoms with van der Waals surface area (Å²) in [6.07, 6.45) is 0.981. The molecule has 0 radical (unpaired) electrons. The third-order valence-corrected chi connectivity index (χ3v) is 5.93. The first-order chi connectivity index (χ1) is 17.0. The molecule has 0 spiro atoms. The molecule has 2 aromatic heterocycles. The molecule has 0 saturated heterocycles. The summed E-state index contributed by atoms with van der Waals surface area (Å²) in [5.41, 5.74) is 6.54. The second-order valence-electron chi connectivity index (χ2n) is 8.19. The molecule has 0 aliphatic rings. The van der Waals surface area contributed by atoms with Crippen LogP contribution in [0.15, 0.2) is 59.8 Å². The number of rotatable bonds is 11. The van der Waals surface area contributed by atoms with Crippen LogP contribution in [-0.2, 0) is 18.9 Å². The maximum atomic E-state index is 13.2. The third kappa shape index (κ3) is 7.12. The van der Waals surface area contributed by atoms with Crippen LogP contribution in [-0.4, -0.2) is 29.7 Å². The summed E-state index contributed by atoms with van der Waals surface area (Å²) in [4.78, 5) is 12.8. The summed E-state index contributed by atoms with van der Waals surface area (Å²) in [7, 11) is 0. The molecule has 0 bridgehead atoms. The van der Waals surface area contributed by atoms with Crippen molar-refractivity contribution in [2.45, 2.75) is 44.3 Å². The lowest BCUT2D eigenvalue weighted by Crippen LogP contribution is -2.10. The lowest BCUT2D eigenvalue weighted by Gasteiger charge is -2.12. The van der Waals surface area contributed by atoms with Gasteiger partial charge < -0.3 is 20.4 Å². The number of nitrogen functional groups attached to an aromatic ring is 1. The van der Waals surface area contributed by atoms with Crippen molar-refractivity contribution >= 4 is 29.3 Å². The Morgan fingerprint density at radius 1 is 1.03 bits per heavy atom. The van der Waals surface area contributed by atoms with E-state index in [1.165, 1.54) is 23.9 Å². The van der Waals surface area contributed by atoms with E-state index >= 15 is 0 Å². The van der Waals surface area contributed by atoms with E-state index in [0.29, 0.717) is 29.8 Å². The molecule has 35 heavy (non-hydrogen) atoms. The van der Waals surface area contributed by atoms with Crippen LogP contribution in [0.5, 0.6) is 5.75 Å². The summed E-state index contributed by atoms with van der Waals surface area (Å²) < 4.78 is 21.1. The number of nitrogens with zero attached hydrogens (tertiary/aromatic N) is 6. The predicted molar refractivity (Wildman–Crippen MR) is 134 cm³/mol. The summed E-state index contributed by atoms with van der Waals surface area (Å²) in [6, 6.07) is 15.5. The second-order valence-corrected chi connectivity index (χ2v) is 9.13. The summed E-state index contributed by atoms with van der Waals surface area (Å²) in [5, 5.41) is 12.5. The van der Waals surface area contributed by atoms with E-state index in [-0.39, 0.29) is 17.7 Å². The van der Waals surface area contributed by atoms with Crippen LogP contribution < -0.4 is 15.8 Å². The number of thioether (sulfide) groups is 1. The standard InChI is InChI=1S/C24H27FN8OS/c1-16(2)12-13-33-21(14-34-19-6-4-3-5-7-19)31-32-24(33)35-15-20-28-22(26)30-23(29-20)27-18-10-8-17(25)9-11-18/h3-11,16H,12-15H2,1-2H3,(H3,26,27,28,29,30). The maximum absolute atomic E-state index is 13.2. The zero-order chi connectivity index (χ0) is 24.6. The zero-order valence-electron chi connectivity index (χ0n) is 19.6. The predicted octanol–water partition coefficient (Wildman–Crippen LogP) is 4.85. The Balaban J connectivity index is 1.46. The minimum Gasteiger partial charge on any atom is -0.486 e. The molecule has 3 N–H and O–H groups in total. The highest BCUT2D eigenvalue weighted by molar-refractivity contribution is 7.98. The van der Waals surface area contributed by atoms with Crippen molar-refractivity contribution in [1.29, 1.82) is 0 Å². The highest BCUT2D eigenvalue weighted by atomic mass is 32.2. The fraction of sp³-hybridized carbons (Fsp3) is 0.292. The molecule has 2 heterocycles. The van der Waals surface area contributed by atoms with Crippen molar-refractivity contribution < 1.29 is 9.13 Å². The summed E-state index contributed by atoms with van der Waals surface area (Å²) >= 11 is 1.47. The summed E-state index contributed by atoms with van der Waals surface area (Å²) in [5.74, 6) is 3.04. The monoisotopic (exact) mass is 494 g/mol. The quantitative estimate of drug-likeness (QED) is 0.282. The van der Waals surface area contributed by atoms with E-state index in [2.05, 4.69) is 48.9 Å². The number of nitrogens with two attached hydrogens (primary N) is 1. The van der Waals surface area contributed by atoms with Crippen molar-refractivity contribution in [3.8, 4) is 5.75 Å². The second kappa shape index (κ2) is 11.6. The Labute approximate surface area is 207 Å². The molecule has 0 unspecified atom stereocenters. The number of nitrogens with one attached hydrogen (secondary N) is 1. The highest BCUT2D eigenvalue weighted by Gasteiger charge is 2.15. The molecule has 4 rings (SSSR count). The lowest BCUT2D eigenvalue weighted by atomic mass is 10.1. The molecule has 182 valence electrons. The van der Waals surface area contributed by atoms with E-state index < -0.39 is 0 Å². The molecule has 0 aliphatic heterocycles. The van der Waals surface area contributed by atoms with Crippen molar-refractivity contribution in [2.75, 3.05) is 11.1 Å². The van der Waals surface area contributed by atoms with Gasteiger partial charge in [0, 0.05) is 12.2 Å². The van der Waals surface area contributed by atoms with Crippen LogP contribution in [0, 0.1) is 11.7 Å². The number of hydrogen-bond acceptors (Lipinski definition) is 9. The zero-order valence-corrected chi connectivity index (χ0v) is 20.4. The normalized spacial score (nSPS) is 11.1. The lowest BCUT2D eigenvalue weighted by molar-refractivity contribution is 0.285. The van der Waals surface area contributed by atoms with Gasteiger partial charge in [-0.1, -0.05) is 43.8 Å². The number of benzene rings is 2. The average Bonchev–Trinajstić information content (AvgIpc) is 3.23. The molecule has 9 nitrogen and oxygen atoms in total. The van der Waals surface area contributed by atoms with Crippen molar-refractivity contribution in [3.05, 3.63) is 72.1 Å². The van der Waals surface area contributed by atoms with Crippen molar-refractivity contribution in [1.82, 2.24) is 29.7 Å². The van der Waals surface area contributed by atoms with Crippen molar-refractivity contribution in [3.63, 3.8) is 0 Å². The SMILES string of the molecule is CC(C)CCn1c(COc2ccccc2)nnc1SCc1nc(N)nc(Nc2ccc(F)cc2)n1. The molecular weight excluding hydrogens is 467 g/mol. The first kappa shape index (κ1) is 24.4. The van der Waals surface area contributed by atoms with Gasteiger partial charge in [0.25, 0.3) is 0 Å². The Morgan fingerprint density at radius 2 is 1.80 bits per heavy atom. The van der Waals surface area contributed by atoms with E-state index in [0.717, 1.165) is 29.7 Å². The summed E-state index contributed by atoms with van der Waals surface area (Å²) in [6.45, 7) is 5.46. The average molecular weight is 495 g/mol. The smallest absolute Gasteiger partial charge is 0.232 e. The molecule has 0 saturated carbocycles. The largest absolute Gasteiger partial charge is 0.486 e. The fourth-order valence-corrected chi connectivity index (χ4v) is 4.00. The van der Waals surface area contributed by atoms with Gasteiger partial charge in [-0.25, -0.2) is 4.39 Å². The van der Waals surface area contributed by atoms with Gasteiger partial charge in [0.2, 0.25) is 11.9 Å². The molecule has 11 heteroatoms. The Kier molecular flexibility index (Phi) is 8.09. The maximum Gasteiger partial charge on any atom is 0.232 e. The van der Waals surface area contributed by atoms with E-state index in [4.69, 9.17) is 10.5 Å². The molecule has 0 atom stereocenters. The highest BCUT2D eigenvalue weighted by Crippen LogP contribution is 2.24. The van der Waals surface area contributed by atoms with Crippen LogP contribution in [0.2, 0.25) is 0 Å². The molecule has 2 aromatic carbocycles. The van der Waals surface area contributed by atoms with E-state index in [9.17, 15) is 4.39 Å². The van der Waals surface area contributed by atoms with Gasteiger partial charge in [-0.3, -0.25) is 0 Å². The van der Waals surface area contributed by atoms with Gasteiger partial charge in [0.1, 0.15) is 24.0 Å². The number of aromatic nitrogens is 6. The number of anilines is 3. The van der Waals surface area contributed by atoms with Crippen molar-refractivity contribution in [2.24, 2.45) is 5.92 Å². The molecule has 0 fully saturated rings. The molecule has 0 amide bonds. The van der Waals surface area contributed by atoms with Gasteiger partial charge in [-0.2, -0.15) is 15.0 Å². The Morgan fingerprint density at radius 3 is 2.54 bits per heavy atom. The van der Waals surface area contributed by atoms with E-state index in [1.807, 2.05) is 30.3 Å². The number of para-hydroxylation sites is 1. The van der Waals surface area contributed by atoms with Gasteiger partial charge >= 0.3 is 0 Å². The Hall–Kier alpha value is -3.73. The third-order valence-electron chi connectivity index (χ3n) is 4.96. The van der Waals surface area contributed by atoms with Gasteiger partial charge in [0.05, 0.1) is 5.75 Å². The first-order valence-electron chi connectivity index (χ1n) is 11.2. The van der Waals surface area contributed by atoms with E-state index in [1.54, 1.807) is 12.1 Å². The minimum absolute atomic E-state index is 0.0958.